The van der Waals surface area contributed by atoms with Crippen LogP contribution in [0.2, 0.25) is 5.02 Å². The summed E-state index contributed by atoms with van der Waals surface area (Å²) in [5.74, 6) is 0.918. The Morgan fingerprint density at radius 2 is 2.05 bits per heavy atom. The van der Waals surface area contributed by atoms with E-state index in [1.54, 1.807) is 0 Å². The van der Waals surface area contributed by atoms with E-state index in [0.717, 1.165) is 28.8 Å². The highest BCUT2D eigenvalue weighted by Gasteiger charge is 2.15. The first-order valence-electron chi connectivity index (χ1n) is 6.13. The SMILES string of the molecule is CCCSc1ncc(Cl)c(C(=O)Sc2ccccc2)n1. The van der Waals surface area contributed by atoms with Crippen molar-refractivity contribution in [3.8, 4) is 0 Å². The van der Waals surface area contributed by atoms with E-state index >= 15 is 0 Å². The molecule has 0 radical (unpaired) electrons. The number of rotatable bonds is 5. The van der Waals surface area contributed by atoms with Gasteiger partial charge in [0.05, 0.1) is 11.2 Å². The molecule has 0 spiro atoms. The van der Waals surface area contributed by atoms with E-state index in [1.165, 1.54) is 18.0 Å². The molecule has 0 fully saturated rings. The standard InChI is InChI=1S/C14H13ClN2OS2/c1-2-8-19-14-16-9-11(15)12(17-14)13(18)20-10-6-4-3-5-7-10/h3-7,9H,2,8H2,1H3. The monoisotopic (exact) mass is 324 g/mol. The molecule has 6 heteroatoms. The summed E-state index contributed by atoms with van der Waals surface area (Å²) in [6.45, 7) is 2.08. The van der Waals surface area contributed by atoms with Crippen LogP contribution in [0.4, 0.5) is 0 Å². The maximum atomic E-state index is 12.2. The molecule has 0 atom stereocenters. The molecule has 1 aromatic heterocycles. The molecular formula is C14H13ClN2OS2. The van der Waals surface area contributed by atoms with Crippen LogP contribution in [0.15, 0.2) is 46.6 Å². The van der Waals surface area contributed by atoms with Crippen LogP contribution in [-0.2, 0) is 0 Å². The molecule has 104 valence electrons. The smallest absolute Gasteiger partial charge is 0.244 e. The zero-order valence-electron chi connectivity index (χ0n) is 10.9. The molecule has 0 saturated carbocycles. The van der Waals surface area contributed by atoms with E-state index < -0.39 is 0 Å². The molecular weight excluding hydrogens is 312 g/mol. The van der Waals surface area contributed by atoms with Crippen LogP contribution >= 0.6 is 35.1 Å². The lowest BCUT2D eigenvalue weighted by atomic mass is 10.4. The highest BCUT2D eigenvalue weighted by atomic mass is 35.5. The topological polar surface area (TPSA) is 42.9 Å². The fraction of sp³-hybridized carbons (Fsp3) is 0.214. The third kappa shape index (κ3) is 4.23. The van der Waals surface area contributed by atoms with Crippen LogP contribution in [0.25, 0.3) is 0 Å². The van der Waals surface area contributed by atoms with Gasteiger partial charge in [0.15, 0.2) is 5.16 Å². The molecule has 0 unspecified atom stereocenters. The number of thioether (sulfide) groups is 2. The number of halogens is 1. The lowest BCUT2D eigenvalue weighted by molar-refractivity contribution is 0.108. The summed E-state index contributed by atoms with van der Waals surface area (Å²) in [5, 5.41) is 0.717. The fourth-order valence-electron chi connectivity index (χ4n) is 1.40. The molecule has 0 aliphatic heterocycles. The highest BCUT2D eigenvalue weighted by molar-refractivity contribution is 8.14. The van der Waals surface area contributed by atoms with Crippen molar-refractivity contribution in [2.75, 3.05) is 5.75 Å². The number of carbonyl (C=O) groups excluding carboxylic acids is 1. The molecule has 0 amide bonds. The van der Waals surface area contributed by atoms with Gasteiger partial charge in [0, 0.05) is 10.6 Å². The Balaban J connectivity index is 2.16. The van der Waals surface area contributed by atoms with Crippen LogP contribution in [0.5, 0.6) is 0 Å². The van der Waals surface area contributed by atoms with Crippen molar-refractivity contribution in [1.82, 2.24) is 9.97 Å². The minimum Gasteiger partial charge on any atom is -0.279 e. The zero-order valence-corrected chi connectivity index (χ0v) is 13.3. The van der Waals surface area contributed by atoms with Crippen LogP contribution in [0, 0.1) is 0 Å². The minimum absolute atomic E-state index is 0.165. The third-order valence-corrected chi connectivity index (χ3v) is 4.53. The van der Waals surface area contributed by atoms with Crippen molar-refractivity contribution in [3.63, 3.8) is 0 Å². The van der Waals surface area contributed by atoms with Gasteiger partial charge in [-0.25, -0.2) is 9.97 Å². The Morgan fingerprint density at radius 3 is 2.75 bits per heavy atom. The fourth-order valence-corrected chi connectivity index (χ4v) is 3.06. The maximum Gasteiger partial charge on any atom is 0.244 e. The highest BCUT2D eigenvalue weighted by Crippen LogP contribution is 2.26. The molecule has 2 aromatic rings. The van der Waals surface area contributed by atoms with Crippen LogP contribution < -0.4 is 0 Å². The summed E-state index contributed by atoms with van der Waals surface area (Å²) >= 11 is 8.67. The number of nitrogens with zero attached hydrogens (tertiary/aromatic N) is 2. The normalized spacial score (nSPS) is 10.5. The Kier molecular flexibility index (Phi) is 5.88. The van der Waals surface area contributed by atoms with Gasteiger partial charge in [-0.05, 0) is 30.3 Å². The Morgan fingerprint density at radius 1 is 1.30 bits per heavy atom. The summed E-state index contributed by atoms with van der Waals surface area (Å²) in [6, 6.07) is 9.44. The Bertz CT molecular complexity index is 593. The second-order valence-corrected chi connectivity index (χ2v) is 6.42. The first kappa shape index (κ1) is 15.4. The first-order chi connectivity index (χ1) is 9.70. The predicted octanol–water partition coefficient (Wildman–Crippen LogP) is 4.56. The average molecular weight is 325 g/mol. The lowest BCUT2D eigenvalue weighted by Gasteiger charge is -2.04. The molecule has 0 bridgehead atoms. The number of aromatic nitrogens is 2. The largest absolute Gasteiger partial charge is 0.279 e. The number of carbonyl (C=O) groups is 1. The van der Waals surface area contributed by atoms with E-state index in [4.69, 9.17) is 11.6 Å². The van der Waals surface area contributed by atoms with Gasteiger partial charge in [-0.3, -0.25) is 4.79 Å². The molecule has 1 heterocycles. The van der Waals surface area contributed by atoms with Crippen molar-refractivity contribution in [3.05, 3.63) is 47.2 Å². The molecule has 0 N–H and O–H groups in total. The van der Waals surface area contributed by atoms with E-state index in [2.05, 4.69) is 16.9 Å². The van der Waals surface area contributed by atoms with Gasteiger partial charge >= 0.3 is 0 Å². The second-order valence-electron chi connectivity index (χ2n) is 3.90. The van der Waals surface area contributed by atoms with Gasteiger partial charge < -0.3 is 0 Å². The van der Waals surface area contributed by atoms with Crippen molar-refractivity contribution < 1.29 is 4.79 Å². The van der Waals surface area contributed by atoms with E-state index in [0.29, 0.717) is 10.2 Å². The number of hydrogen-bond acceptors (Lipinski definition) is 5. The minimum atomic E-state index is -0.165. The van der Waals surface area contributed by atoms with Gasteiger partial charge in [-0.15, -0.1) is 0 Å². The quantitative estimate of drug-likeness (QED) is 0.595. The van der Waals surface area contributed by atoms with Crippen molar-refractivity contribution in [2.45, 2.75) is 23.4 Å². The molecule has 1 aromatic carbocycles. The van der Waals surface area contributed by atoms with Gasteiger partial charge in [0.25, 0.3) is 0 Å². The Hall–Kier alpha value is -1.04. The predicted molar refractivity (Wildman–Crippen MR) is 84.7 cm³/mol. The van der Waals surface area contributed by atoms with Gasteiger partial charge in [-0.2, -0.15) is 0 Å². The van der Waals surface area contributed by atoms with Crippen molar-refractivity contribution in [1.29, 1.82) is 0 Å². The third-order valence-electron chi connectivity index (χ3n) is 2.30. The van der Waals surface area contributed by atoms with E-state index in [-0.39, 0.29) is 10.8 Å². The lowest BCUT2D eigenvalue weighted by Crippen LogP contribution is -2.01. The molecule has 20 heavy (non-hydrogen) atoms. The molecule has 0 aliphatic carbocycles. The molecule has 0 aliphatic rings. The summed E-state index contributed by atoms with van der Waals surface area (Å²) in [4.78, 5) is 21.5. The van der Waals surface area contributed by atoms with Crippen LogP contribution in [0.3, 0.4) is 0 Å². The molecule has 2 rings (SSSR count). The molecule has 3 nitrogen and oxygen atoms in total. The van der Waals surface area contributed by atoms with E-state index in [1.807, 2.05) is 30.3 Å². The van der Waals surface area contributed by atoms with Gasteiger partial charge in [0.2, 0.25) is 5.12 Å². The van der Waals surface area contributed by atoms with E-state index in [9.17, 15) is 4.79 Å². The number of benzene rings is 1. The second kappa shape index (κ2) is 7.67. The van der Waals surface area contributed by atoms with Crippen molar-refractivity contribution >= 4 is 40.2 Å². The van der Waals surface area contributed by atoms with Crippen LogP contribution in [0.1, 0.15) is 23.8 Å². The maximum absolute atomic E-state index is 12.2. The zero-order chi connectivity index (χ0) is 14.4. The van der Waals surface area contributed by atoms with Crippen molar-refractivity contribution in [2.24, 2.45) is 0 Å². The summed E-state index contributed by atoms with van der Waals surface area (Å²) in [5.41, 5.74) is 0.272. The number of hydrogen-bond donors (Lipinski definition) is 0. The first-order valence-corrected chi connectivity index (χ1v) is 8.31. The van der Waals surface area contributed by atoms with Gasteiger partial charge in [0.1, 0.15) is 5.69 Å². The van der Waals surface area contributed by atoms with Crippen LogP contribution in [-0.4, -0.2) is 20.8 Å². The summed E-state index contributed by atoms with van der Waals surface area (Å²) in [7, 11) is 0. The van der Waals surface area contributed by atoms with Gasteiger partial charge in [-0.1, -0.05) is 48.5 Å². The molecule has 0 saturated heterocycles. The summed E-state index contributed by atoms with van der Waals surface area (Å²) in [6.07, 6.45) is 2.52. The Labute approximate surface area is 131 Å². The average Bonchev–Trinajstić information content (AvgIpc) is 2.47. The summed E-state index contributed by atoms with van der Waals surface area (Å²) < 4.78 is 0.